The number of aliphatic hydroxyl groups is 3. The fraction of sp³-hybridized carbons (Fsp3) is 0.556. The molecule has 33 heavy (non-hydrogen) atoms. The lowest BCUT2D eigenvalue weighted by Gasteiger charge is -2.63. The third kappa shape index (κ3) is 2.42. The van der Waals surface area contributed by atoms with Gasteiger partial charge in [-0.1, -0.05) is 42.5 Å². The first-order valence-electron chi connectivity index (χ1n) is 12.3. The van der Waals surface area contributed by atoms with Crippen LogP contribution in [0.3, 0.4) is 0 Å². The van der Waals surface area contributed by atoms with E-state index >= 15 is 0 Å². The summed E-state index contributed by atoms with van der Waals surface area (Å²) in [5.41, 5.74) is 2.20. The summed E-state index contributed by atoms with van der Waals surface area (Å²) < 4.78 is 6.84. The number of likely N-dealkylation sites (N-methyl/N-ethyl adjacent to an activating group) is 1. The largest absolute Gasteiger partial charge is 0.477 e. The number of ether oxygens (including phenoxy) is 1. The monoisotopic (exact) mass is 450 g/mol. The van der Waals surface area contributed by atoms with E-state index in [1.165, 1.54) is 0 Å². The molecule has 0 aromatic heterocycles. The van der Waals surface area contributed by atoms with E-state index in [-0.39, 0.29) is 24.1 Å². The molecule has 6 rings (SSSR count). The number of hydrogen-bond donors (Lipinski definition) is 3. The van der Waals surface area contributed by atoms with E-state index in [9.17, 15) is 15.3 Å². The minimum atomic E-state index is -2.07. The summed E-state index contributed by atoms with van der Waals surface area (Å²) in [5, 5.41) is 34.4. The first kappa shape index (κ1) is 21.4. The van der Waals surface area contributed by atoms with Gasteiger partial charge in [0.2, 0.25) is 5.79 Å². The van der Waals surface area contributed by atoms with Crippen LogP contribution in [0.15, 0.2) is 65.1 Å². The molecule has 2 heterocycles. The maximum absolute atomic E-state index is 12.2. The van der Waals surface area contributed by atoms with Crippen molar-refractivity contribution in [3.05, 3.63) is 70.6 Å². The highest BCUT2D eigenvalue weighted by atomic mass is 16.6. The summed E-state index contributed by atoms with van der Waals surface area (Å²) in [7, 11) is 2.19. The van der Waals surface area contributed by atoms with Gasteiger partial charge in [0.05, 0.1) is 5.41 Å². The zero-order valence-corrected chi connectivity index (χ0v) is 19.7. The number of rotatable bonds is 4. The van der Waals surface area contributed by atoms with E-state index < -0.39 is 22.9 Å². The van der Waals surface area contributed by atoms with Crippen LogP contribution in [0.4, 0.5) is 0 Å². The molecule has 2 bridgehead atoms. The molecule has 0 unspecified atom stereocenters. The molecule has 2 fully saturated rings. The number of aliphatic hydroxyl groups excluding tert-OH is 1. The Morgan fingerprint density at radius 1 is 1.15 bits per heavy atom. The zero-order chi connectivity index (χ0) is 23.2. The molecule has 3 aliphatic carbocycles. The van der Waals surface area contributed by atoms with Crippen LogP contribution in [0.2, 0.25) is 0 Å². The lowest BCUT2D eigenvalue weighted by Crippen LogP contribution is -2.68. The zero-order valence-electron chi connectivity index (χ0n) is 19.7. The van der Waals surface area contributed by atoms with Crippen molar-refractivity contribution in [2.45, 2.75) is 56.6 Å². The van der Waals surface area contributed by atoms with Crippen molar-refractivity contribution in [2.75, 3.05) is 26.7 Å². The van der Waals surface area contributed by atoms with E-state index in [0.29, 0.717) is 0 Å². The highest BCUT2D eigenvalue weighted by Gasteiger charge is 2.76. The van der Waals surface area contributed by atoms with Crippen LogP contribution in [-0.2, 0) is 10.3 Å². The standard InChI is InChI=1S/C27H34N2O4/c1-4-29(5-2)21-16-19-20-15-17-11-12-26(31,32)24-22(17)25(19,13-14-28(20)3)27(33-24,23(21)30)18-9-7-6-8-10-18/h6-11,16,19-20,23,30-32H,4-5,12-15H2,1-3H3/t19-,20+,23-,25-,27-/m0/s1. The maximum atomic E-state index is 12.2. The topological polar surface area (TPSA) is 76.4 Å². The van der Waals surface area contributed by atoms with Gasteiger partial charge in [-0.15, -0.1) is 0 Å². The SMILES string of the molecule is CCN(CC)C1=C[C@H]2[C@H]3CC4=CCC(O)(O)C5=C4[C@@]2(CCN3C)[C@@](c2ccccc2)(O5)[C@H]1O. The number of likely N-dealkylation sites (tertiary alicyclic amines) is 1. The van der Waals surface area contributed by atoms with E-state index in [2.05, 4.69) is 36.8 Å². The Balaban J connectivity index is 1.70. The van der Waals surface area contributed by atoms with Crippen molar-refractivity contribution in [3.8, 4) is 0 Å². The fourth-order valence-electron chi connectivity index (χ4n) is 7.64. The van der Waals surface area contributed by atoms with Crippen LogP contribution in [0.25, 0.3) is 0 Å². The van der Waals surface area contributed by atoms with Crippen molar-refractivity contribution < 1.29 is 20.1 Å². The van der Waals surface area contributed by atoms with Crippen LogP contribution < -0.4 is 0 Å². The van der Waals surface area contributed by atoms with E-state index in [0.717, 1.165) is 54.9 Å². The molecule has 5 atom stereocenters. The molecule has 1 spiro atoms. The summed E-state index contributed by atoms with van der Waals surface area (Å²) >= 11 is 0. The molecule has 3 N–H and O–H groups in total. The van der Waals surface area contributed by atoms with Gasteiger partial charge in [-0.05, 0) is 51.4 Å². The van der Waals surface area contributed by atoms with Crippen molar-refractivity contribution in [3.63, 3.8) is 0 Å². The van der Waals surface area contributed by atoms with Crippen LogP contribution in [0, 0.1) is 11.3 Å². The molecule has 1 aromatic carbocycles. The van der Waals surface area contributed by atoms with Gasteiger partial charge in [0.1, 0.15) is 6.10 Å². The van der Waals surface area contributed by atoms with Crippen LogP contribution in [-0.4, -0.2) is 69.7 Å². The van der Waals surface area contributed by atoms with Gasteiger partial charge in [0, 0.05) is 42.7 Å². The maximum Gasteiger partial charge on any atom is 0.226 e. The minimum absolute atomic E-state index is 0.0917. The summed E-state index contributed by atoms with van der Waals surface area (Å²) in [4.78, 5) is 4.66. The molecule has 1 saturated carbocycles. The molecule has 6 heteroatoms. The number of nitrogens with zero attached hydrogens (tertiary/aromatic N) is 2. The minimum Gasteiger partial charge on any atom is -0.477 e. The molecule has 176 valence electrons. The van der Waals surface area contributed by atoms with Gasteiger partial charge in [0.25, 0.3) is 0 Å². The third-order valence-electron chi connectivity index (χ3n) is 9.10. The molecule has 2 aliphatic heterocycles. The summed E-state index contributed by atoms with van der Waals surface area (Å²) in [6.07, 6.45) is 5.09. The van der Waals surface area contributed by atoms with Gasteiger partial charge >= 0.3 is 0 Å². The van der Waals surface area contributed by atoms with Crippen LogP contribution in [0.5, 0.6) is 0 Å². The van der Waals surface area contributed by atoms with Gasteiger partial charge < -0.3 is 29.9 Å². The van der Waals surface area contributed by atoms with Gasteiger partial charge in [-0.25, -0.2) is 0 Å². The van der Waals surface area contributed by atoms with Crippen molar-refractivity contribution in [1.29, 1.82) is 0 Å². The third-order valence-corrected chi connectivity index (χ3v) is 9.10. The molecule has 0 amide bonds. The van der Waals surface area contributed by atoms with Crippen LogP contribution in [0.1, 0.15) is 38.7 Å². The average Bonchev–Trinajstić information content (AvgIpc) is 3.14. The van der Waals surface area contributed by atoms with Crippen molar-refractivity contribution >= 4 is 0 Å². The van der Waals surface area contributed by atoms with E-state index in [1.54, 1.807) is 0 Å². The normalized spacial score (nSPS) is 38.3. The second kappa shape index (κ2) is 6.95. The Morgan fingerprint density at radius 3 is 2.58 bits per heavy atom. The Kier molecular flexibility index (Phi) is 4.51. The van der Waals surface area contributed by atoms with Crippen LogP contribution >= 0.6 is 0 Å². The second-order valence-corrected chi connectivity index (χ2v) is 10.3. The van der Waals surface area contributed by atoms with Gasteiger partial charge in [-0.3, -0.25) is 0 Å². The summed E-state index contributed by atoms with van der Waals surface area (Å²) in [5.74, 6) is -1.72. The highest BCUT2D eigenvalue weighted by molar-refractivity contribution is 5.59. The highest BCUT2D eigenvalue weighted by Crippen LogP contribution is 2.73. The van der Waals surface area contributed by atoms with E-state index in [1.807, 2.05) is 36.4 Å². The van der Waals surface area contributed by atoms with Crippen molar-refractivity contribution in [1.82, 2.24) is 9.80 Å². The molecule has 1 saturated heterocycles. The second-order valence-electron chi connectivity index (χ2n) is 10.3. The summed E-state index contributed by atoms with van der Waals surface area (Å²) in [6, 6.07) is 10.3. The predicted octanol–water partition coefficient (Wildman–Crippen LogP) is 2.49. The number of hydrogen-bond acceptors (Lipinski definition) is 6. The Labute approximate surface area is 195 Å². The Hall–Kier alpha value is -2.12. The van der Waals surface area contributed by atoms with Crippen molar-refractivity contribution in [2.24, 2.45) is 11.3 Å². The molecule has 0 radical (unpaired) electrons. The average molecular weight is 451 g/mol. The first-order valence-corrected chi connectivity index (χ1v) is 12.3. The number of benzene rings is 1. The van der Waals surface area contributed by atoms with Gasteiger partial charge in [0.15, 0.2) is 11.4 Å². The Bertz CT molecular complexity index is 1070. The summed E-state index contributed by atoms with van der Waals surface area (Å²) in [6.45, 7) is 6.65. The molecular weight excluding hydrogens is 416 g/mol. The lowest BCUT2D eigenvalue weighted by atomic mass is 9.45. The predicted molar refractivity (Wildman–Crippen MR) is 125 cm³/mol. The smallest absolute Gasteiger partial charge is 0.226 e. The first-order chi connectivity index (χ1) is 15.8. The molecular formula is C27H34N2O4. The number of piperidine rings is 1. The van der Waals surface area contributed by atoms with E-state index in [4.69, 9.17) is 4.74 Å². The molecule has 6 nitrogen and oxygen atoms in total. The quantitative estimate of drug-likeness (QED) is 0.612. The molecule has 1 aromatic rings. The Morgan fingerprint density at radius 2 is 1.88 bits per heavy atom. The van der Waals surface area contributed by atoms with Gasteiger partial charge in [-0.2, -0.15) is 0 Å². The fourth-order valence-corrected chi connectivity index (χ4v) is 7.64. The lowest BCUT2D eigenvalue weighted by molar-refractivity contribution is -0.217. The molecule has 5 aliphatic rings.